The molecule has 1 heterocycles. The highest BCUT2D eigenvalue weighted by molar-refractivity contribution is 5.87. The maximum absolute atomic E-state index is 12.6. The van der Waals surface area contributed by atoms with Gasteiger partial charge in [0.1, 0.15) is 5.78 Å². The van der Waals surface area contributed by atoms with Crippen molar-refractivity contribution in [3.8, 4) is 0 Å². The van der Waals surface area contributed by atoms with Gasteiger partial charge in [-0.2, -0.15) is 0 Å². The zero-order valence-electron chi connectivity index (χ0n) is 14.0. The van der Waals surface area contributed by atoms with Crippen LogP contribution in [-0.2, 0) is 9.53 Å². The Bertz CT molecular complexity index is 475. The van der Waals surface area contributed by atoms with Crippen LogP contribution in [0.4, 0.5) is 0 Å². The maximum Gasteiger partial charge on any atom is 0.168 e. The summed E-state index contributed by atoms with van der Waals surface area (Å²) >= 11 is 0. The monoisotopic (exact) mass is 306 g/mol. The Morgan fingerprint density at radius 1 is 1.09 bits per heavy atom. The summed E-state index contributed by atoms with van der Waals surface area (Å²) in [6.07, 6.45) is 9.24. The molecular formula is C19H30O3. The Labute approximate surface area is 133 Å². The molecule has 1 aliphatic heterocycles. The summed E-state index contributed by atoms with van der Waals surface area (Å²) in [4.78, 5) is 12.6. The Morgan fingerprint density at radius 3 is 2.59 bits per heavy atom. The largest absolute Gasteiger partial charge is 0.365 e. The molecule has 0 amide bonds. The van der Waals surface area contributed by atoms with Gasteiger partial charge in [0.2, 0.25) is 0 Å². The smallest absolute Gasteiger partial charge is 0.168 e. The molecular weight excluding hydrogens is 276 g/mol. The number of fused-ring (bicyclic) bond motifs is 5. The number of Topliss-reactive ketones (excluding diaryl/α,β-unsaturated/α-hetero) is 1. The minimum Gasteiger partial charge on any atom is -0.365 e. The second-order valence-electron chi connectivity index (χ2n) is 8.44. The second-order valence-corrected chi connectivity index (χ2v) is 8.44. The molecule has 3 aliphatic carbocycles. The van der Waals surface area contributed by atoms with E-state index in [1.807, 2.05) is 0 Å². The molecule has 4 rings (SSSR count). The van der Waals surface area contributed by atoms with E-state index in [0.29, 0.717) is 29.5 Å². The first-order valence-corrected chi connectivity index (χ1v) is 9.43. The molecule has 7 atom stereocenters. The first-order valence-electron chi connectivity index (χ1n) is 9.43. The summed E-state index contributed by atoms with van der Waals surface area (Å²) in [6, 6.07) is 0. The zero-order chi connectivity index (χ0) is 15.5. The highest BCUT2D eigenvalue weighted by Gasteiger charge is 2.61. The highest BCUT2D eigenvalue weighted by Crippen LogP contribution is 2.62. The summed E-state index contributed by atoms with van der Waals surface area (Å²) in [7, 11) is 0. The van der Waals surface area contributed by atoms with E-state index < -0.39 is 5.79 Å². The molecule has 3 saturated carbocycles. The fourth-order valence-electron chi connectivity index (χ4n) is 6.76. The molecule has 0 radical (unpaired) electrons. The van der Waals surface area contributed by atoms with Crippen LogP contribution < -0.4 is 0 Å². The van der Waals surface area contributed by atoms with Crippen LogP contribution in [0.25, 0.3) is 0 Å². The van der Waals surface area contributed by atoms with Crippen molar-refractivity contribution >= 4 is 5.78 Å². The Morgan fingerprint density at radius 2 is 1.82 bits per heavy atom. The lowest BCUT2D eigenvalue weighted by Gasteiger charge is -2.57. The molecule has 0 spiro atoms. The van der Waals surface area contributed by atoms with Crippen LogP contribution in [-0.4, -0.2) is 22.8 Å². The maximum atomic E-state index is 12.6. The Kier molecular flexibility index (Phi) is 3.47. The van der Waals surface area contributed by atoms with Crippen molar-refractivity contribution in [2.45, 2.75) is 83.5 Å². The first-order chi connectivity index (χ1) is 10.5. The van der Waals surface area contributed by atoms with E-state index in [0.717, 1.165) is 57.8 Å². The summed E-state index contributed by atoms with van der Waals surface area (Å²) in [5.41, 5.74) is -0.0144. The summed E-state index contributed by atoms with van der Waals surface area (Å²) in [5.74, 6) is 1.74. The number of rotatable bonds is 1. The van der Waals surface area contributed by atoms with Crippen molar-refractivity contribution in [2.24, 2.45) is 29.1 Å². The van der Waals surface area contributed by atoms with Crippen LogP contribution in [0.3, 0.4) is 0 Å². The van der Waals surface area contributed by atoms with Crippen LogP contribution in [0.15, 0.2) is 0 Å². The molecule has 0 aromatic carbocycles. The highest BCUT2D eigenvalue weighted by atomic mass is 16.6. The number of ether oxygens (including phenoxy) is 1. The molecule has 0 aromatic heterocycles. The van der Waals surface area contributed by atoms with Crippen molar-refractivity contribution in [1.82, 2.24) is 0 Å². The number of carbonyl (C=O) groups excluding carboxylic acids is 1. The van der Waals surface area contributed by atoms with Crippen LogP contribution in [0.5, 0.6) is 0 Å². The van der Waals surface area contributed by atoms with Gasteiger partial charge in [0.15, 0.2) is 5.79 Å². The van der Waals surface area contributed by atoms with Gasteiger partial charge in [-0.3, -0.25) is 4.79 Å². The SMILES string of the molecule is CC[C@]12CCC3C(CCC4(O)OC(C)CCC34)[C@@H]1CCC2=O. The predicted molar refractivity (Wildman–Crippen MR) is 84.1 cm³/mol. The average Bonchev–Trinajstić information content (AvgIpc) is 2.83. The zero-order valence-corrected chi connectivity index (χ0v) is 14.0. The summed E-state index contributed by atoms with van der Waals surface area (Å²) in [6.45, 7) is 4.29. The van der Waals surface area contributed by atoms with Crippen LogP contribution in [0, 0.1) is 29.1 Å². The molecule has 3 nitrogen and oxygen atoms in total. The number of ketones is 1. The van der Waals surface area contributed by atoms with E-state index in [2.05, 4.69) is 13.8 Å². The van der Waals surface area contributed by atoms with Crippen molar-refractivity contribution in [3.63, 3.8) is 0 Å². The van der Waals surface area contributed by atoms with Gasteiger partial charge < -0.3 is 9.84 Å². The van der Waals surface area contributed by atoms with Gasteiger partial charge in [-0.05, 0) is 69.6 Å². The van der Waals surface area contributed by atoms with Crippen molar-refractivity contribution in [2.75, 3.05) is 0 Å². The van der Waals surface area contributed by atoms with Gasteiger partial charge in [0, 0.05) is 24.2 Å². The topological polar surface area (TPSA) is 46.5 Å². The molecule has 0 bridgehead atoms. The molecule has 4 aliphatic rings. The van der Waals surface area contributed by atoms with E-state index in [1.165, 1.54) is 0 Å². The standard InChI is InChI=1S/C19H30O3/c1-3-18-10-8-14-13(15(18)6-7-17(18)20)9-11-19(21)16(14)5-4-12(2)22-19/h12-16,21H,3-11H2,1-2H3/t12?,13?,14?,15-,16?,18-,19?/m0/s1. The first kappa shape index (κ1) is 15.1. The number of carbonyl (C=O) groups is 1. The van der Waals surface area contributed by atoms with Crippen molar-refractivity contribution < 1.29 is 14.6 Å². The van der Waals surface area contributed by atoms with Crippen molar-refractivity contribution in [3.05, 3.63) is 0 Å². The molecule has 4 fully saturated rings. The minimum absolute atomic E-state index is 0.0144. The molecule has 22 heavy (non-hydrogen) atoms. The fraction of sp³-hybridized carbons (Fsp3) is 0.947. The van der Waals surface area contributed by atoms with Gasteiger partial charge >= 0.3 is 0 Å². The van der Waals surface area contributed by atoms with E-state index in [9.17, 15) is 9.90 Å². The summed E-state index contributed by atoms with van der Waals surface area (Å²) < 4.78 is 6.00. The number of hydrogen-bond acceptors (Lipinski definition) is 3. The van der Waals surface area contributed by atoms with Gasteiger partial charge in [-0.15, -0.1) is 0 Å². The molecule has 1 saturated heterocycles. The third-order valence-corrected chi connectivity index (χ3v) is 7.79. The minimum atomic E-state index is -0.881. The molecule has 5 unspecified atom stereocenters. The van der Waals surface area contributed by atoms with Crippen LogP contribution in [0.2, 0.25) is 0 Å². The quantitative estimate of drug-likeness (QED) is 0.803. The van der Waals surface area contributed by atoms with Gasteiger partial charge in [0.05, 0.1) is 6.10 Å². The fourth-order valence-corrected chi connectivity index (χ4v) is 6.76. The van der Waals surface area contributed by atoms with E-state index in [1.54, 1.807) is 0 Å². The molecule has 3 heteroatoms. The third kappa shape index (κ3) is 1.91. The lowest BCUT2D eigenvalue weighted by molar-refractivity contribution is -0.315. The van der Waals surface area contributed by atoms with Gasteiger partial charge in [-0.25, -0.2) is 0 Å². The molecule has 124 valence electrons. The summed E-state index contributed by atoms with van der Waals surface area (Å²) in [5, 5.41) is 11.0. The van der Waals surface area contributed by atoms with E-state index in [4.69, 9.17) is 4.74 Å². The van der Waals surface area contributed by atoms with Crippen LogP contribution in [0.1, 0.15) is 71.6 Å². The van der Waals surface area contributed by atoms with E-state index in [-0.39, 0.29) is 11.5 Å². The number of aliphatic hydroxyl groups is 1. The Hall–Kier alpha value is -0.410. The predicted octanol–water partition coefficient (Wildman–Crippen LogP) is 3.69. The average molecular weight is 306 g/mol. The van der Waals surface area contributed by atoms with Gasteiger partial charge in [0.25, 0.3) is 0 Å². The number of hydrogen-bond donors (Lipinski definition) is 1. The third-order valence-electron chi connectivity index (χ3n) is 7.79. The molecule has 0 aromatic rings. The lowest BCUT2D eigenvalue weighted by atomic mass is 9.51. The lowest BCUT2D eigenvalue weighted by Crippen LogP contribution is -2.58. The van der Waals surface area contributed by atoms with E-state index >= 15 is 0 Å². The van der Waals surface area contributed by atoms with Crippen LogP contribution >= 0.6 is 0 Å². The normalized spacial score (nSPS) is 54.5. The van der Waals surface area contributed by atoms with Crippen molar-refractivity contribution in [1.29, 1.82) is 0 Å². The van der Waals surface area contributed by atoms with Gasteiger partial charge in [-0.1, -0.05) is 6.92 Å². The second kappa shape index (κ2) is 5.04. The Balaban J connectivity index is 1.62. The molecule has 1 N–H and O–H groups in total.